The van der Waals surface area contributed by atoms with Crippen LogP contribution >= 0.6 is 0 Å². The minimum Gasteiger partial charge on any atom is -0.696 e. The second-order valence-electron chi connectivity index (χ2n) is 0.183. The molecule has 0 rings (SSSR count). The minimum atomic E-state index is 0. The Morgan fingerprint density at radius 3 is 0.875 bits per heavy atom. The third-order valence-electron chi connectivity index (χ3n) is 0. The van der Waals surface area contributed by atoms with Crippen molar-refractivity contribution in [3.05, 3.63) is 0 Å². The molecule has 0 aromatic carbocycles. The van der Waals surface area contributed by atoms with Crippen molar-refractivity contribution >= 4 is 25.3 Å². The number of rotatable bonds is 0. The van der Waals surface area contributed by atoms with Crippen LogP contribution in [0.15, 0.2) is 0 Å². The summed E-state index contributed by atoms with van der Waals surface area (Å²) in [5.74, 6) is 0. The van der Waals surface area contributed by atoms with Crippen molar-refractivity contribution in [2.45, 2.75) is 0 Å². The maximum absolute atomic E-state index is 7.13. The average molecular weight is 194 g/mol. The fraction of sp³-hybridized carbons (Fsp3) is 0. The van der Waals surface area contributed by atoms with E-state index in [1.54, 1.807) is 0 Å². The molecule has 0 bridgehead atoms. The fourth-order valence-electron chi connectivity index (χ4n) is 0. The first-order chi connectivity index (χ1) is 2.83. The molecule has 0 aromatic rings. The second kappa shape index (κ2) is 33.3. The van der Waals surface area contributed by atoms with Crippen molar-refractivity contribution in [2.24, 2.45) is 0 Å². The van der Waals surface area contributed by atoms with Crippen LogP contribution in [0.2, 0.25) is 0 Å². The SMILES string of the molecule is N#C[S-].N#C[S-].[K+].[K+]. The van der Waals surface area contributed by atoms with Gasteiger partial charge in [0.1, 0.15) is 0 Å². The van der Waals surface area contributed by atoms with Crippen LogP contribution < -0.4 is 103 Å². The second-order valence-corrected chi connectivity index (χ2v) is 0.548. The van der Waals surface area contributed by atoms with Gasteiger partial charge in [-0.3, -0.25) is 0 Å². The maximum Gasteiger partial charge on any atom is 1.00 e. The first-order valence-corrected chi connectivity index (χ1v) is 1.67. The molecule has 0 radical (unpaired) electrons. The van der Waals surface area contributed by atoms with Gasteiger partial charge in [0.25, 0.3) is 0 Å². The zero-order chi connectivity index (χ0) is 5.41. The number of thiocyanates is 2. The molecule has 2 nitrogen and oxygen atoms in total. The molecular weight excluding hydrogens is 194 g/mol. The maximum atomic E-state index is 7.13. The van der Waals surface area contributed by atoms with Crippen LogP contribution in [0.4, 0.5) is 0 Å². The normalized spacial score (nSPS) is 1.75. The summed E-state index contributed by atoms with van der Waals surface area (Å²) in [6.07, 6.45) is 0. The molecule has 0 N–H and O–H groups in total. The zero-order valence-electron chi connectivity index (χ0n) is 4.71. The van der Waals surface area contributed by atoms with E-state index in [4.69, 9.17) is 10.5 Å². The monoisotopic (exact) mass is 194 g/mol. The van der Waals surface area contributed by atoms with Gasteiger partial charge in [0.15, 0.2) is 0 Å². The first kappa shape index (κ1) is 22.4. The van der Waals surface area contributed by atoms with Crippen molar-refractivity contribution in [3.63, 3.8) is 0 Å². The molecular formula is C2K2N2S2. The molecule has 0 aliphatic carbocycles. The van der Waals surface area contributed by atoms with E-state index < -0.39 is 0 Å². The van der Waals surface area contributed by atoms with Crippen LogP contribution in [-0.2, 0) is 25.3 Å². The van der Waals surface area contributed by atoms with E-state index >= 15 is 0 Å². The smallest absolute Gasteiger partial charge is 0.696 e. The standard InChI is InChI=1S/2CHNS.2K/c2*2-1-3;;/h2*3H;;/q;;2*+1/p-2. The summed E-state index contributed by atoms with van der Waals surface area (Å²) in [6.45, 7) is 0. The van der Waals surface area contributed by atoms with Gasteiger partial charge in [-0.25, -0.2) is 10.5 Å². The molecule has 0 unspecified atom stereocenters. The van der Waals surface area contributed by atoms with Crippen molar-refractivity contribution in [3.8, 4) is 10.8 Å². The summed E-state index contributed by atoms with van der Waals surface area (Å²) in [5, 5.41) is 16.9. The molecule has 0 saturated carbocycles. The van der Waals surface area contributed by atoms with Gasteiger partial charge >= 0.3 is 103 Å². The van der Waals surface area contributed by atoms with E-state index in [0.717, 1.165) is 0 Å². The summed E-state index contributed by atoms with van der Waals surface area (Å²) in [6, 6.07) is 0. The molecule has 0 aromatic heterocycles. The molecule has 0 atom stereocenters. The topological polar surface area (TPSA) is 47.6 Å². The number of hydrogen-bond donors (Lipinski definition) is 0. The van der Waals surface area contributed by atoms with E-state index in [1.165, 1.54) is 10.8 Å². The van der Waals surface area contributed by atoms with Gasteiger partial charge in [-0.15, -0.1) is 0 Å². The Morgan fingerprint density at radius 1 is 0.875 bits per heavy atom. The van der Waals surface area contributed by atoms with Crippen LogP contribution in [0.5, 0.6) is 0 Å². The van der Waals surface area contributed by atoms with Crippen molar-refractivity contribution in [2.75, 3.05) is 0 Å². The third kappa shape index (κ3) is 70.9. The number of nitriles is 2. The molecule has 0 spiro atoms. The van der Waals surface area contributed by atoms with Gasteiger partial charge in [0, 0.05) is 0 Å². The van der Waals surface area contributed by atoms with E-state index in [9.17, 15) is 0 Å². The van der Waals surface area contributed by atoms with E-state index in [-0.39, 0.29) is 103 Å². The first-order valence-electron chi connectivity index (χ1n) is 0.855. The van der Waals surface area contributed by atoms with Crippen LogP contribution in [0.3, 0.4) is 0 Å². The molecule has 8 heavy (non-hydrogen) atoms. The van der Waals surface area contributed by atoms with Gasteiger partial charge < -0.3 is 25.3 Å². The molecule has 0 aliphatic rings. The fourth-order valence-corrected chi connectivity index (χ4v) is 0. The summed E-state index contributed by atoms with van der Waals surface area (Å²) in [7, 11) is 0. The summed E-state index contributed by atoms with van der Waals surface area (Å²) in [4.78, 5) is 0. The van der Waals surface area contributed by atoms with Crippen molar-refractivity contribution < 1.29 is 103 Å². The van der Waals surface area contributed by atoms with Gasteiger partial charge in [0.2, 0.25) is 0 Å². The molecule has 0 heterocycles. The Balaban J connectivity index is -0.0000000160. The third-order valence-corrected chi connectivity index (χ3v) is 0. The summed E-state index contributed by atoms with van der Waals surface area (Å²) < 4.78 is 0. The van der Waals surface area contributed by atoms with Crippen LogP contribution in [0.25, 0.3) is 0 Å². The Hall–Kier alpha value is 2.69. The Morgan fingerprint density at radius 2 is 0.875 bits per heavy atom. The van der Waals surface area contributed by atoms with E-state index in [1.807, 2.05) is 0 Å². The molecule has 32 valence electrons. The molecule has 6 heteroatoms. The number of nitrogens with zero attached hydrogens (tertiary/aromatic N) is 2. The van der Waals surface area contributed by atoms with Gasteiger partial charge in [-0.1, -0.05) is 10.8 Å². The predicted molar refractivity (Wildman–Crippen MR) is 26.0 cm³/mol. The van der Waals surface area contributed by atoms with Gasteiger partial charge in [-0.2, -0.15) is 0 Å². The summed E-state index contributed by atoms with van der Waals surface area (Å²) >= 11 is 7.40. The molecule has 0 amide bonds. The van der Waals surface area contributed by atoms with Gasteiger partial charge in [0.05, 0.1) is 0 Å². The quantitative estimate of drug-likeness (QED) is 0.219. The molecule has 0 saturated heterocycles. The summed E-state index contributed by atoms with van der Waals surface area (Å²) in [5.41, 5.74) is 0. The molecule has 0 fully saturated rings. The Labute approximate surface area is 145 Å². The Kier molecular flexibility index (Phi) is 93.2. The van der Waals surface area contributed by atoms with Crippen molar-refractivity contribution in [1.82, 2.24) is 0 Å². The largest absolute Gasteiger partial charge is 1.00 e. The van der Waals surface area contributed by atoms with Crippen LogP contribution in [0.1, 0.15) is 0 Å². The zero-order valence-corrected chi connectivity index (χ0v) is 12.6. The van der Waals surface area contributed by atoms with Crippen molar-refractivity contribution in [1.29, 1.82) is 10.5 Å². The minimum absolute atomic E-state index is 0. The molecule has 0 aliphatic heterocycles. The number of hydrogen-bond acceptors (Lipinski definition) is 4. The Bertz CT molecular complexity index is 71.0. The van der Waals surface area contributed by atoms with Crippen LogP contribution in [-0.4, -0.2) is 0 Å². The van der Waals surface area contributed by atoms with E-state index in [0.29, 0.717) is 0 Å². The van der Waals surface area contributed by atoms with Gasteiger partial charge in [-0.05, 0) is 0 Å². The average Bonchev–Trinajstić information content (AvgIpc) is 1.39. The van der Waals surface area contributed by atoms with Crippen LogP contribution in [0, 0.1) is 21.3 Å². The van der Waals surface area contributed by atoms with E-state index in [2.05, 4.69) is 25.3 Å². The predicted octanol–water partition coefficient (Wildman–Crippen LogP) is -5.96.